The van der Waals surface area contributed by atoms with E-state index in [2.05, 4.69) is 47.9 Å². The normalized spacial score (nSPS) is 18.6. The van der Waals surface area contributed by atoms with Crippen LogP contribution >= 0.6 is 0 Å². The van der Waals surface area contributed by atoms with Gasteiger partial charge in [0.25, 0.3) is 0 Å². The second kappa shape index (κ2) is 4.04. The molecule has 1 aromatic heterocycles. The van der Waals surface area contributed by atoms with Gasteiger partial charge in [0.1, 0.15) is 0 Å². The van der Waals surface area contributed by atoms with Gasteiger partial charge in [-0.15, -0.1) is 0 Å². The van der Waals surface area contributed by atoms with Crippen molar-refractivity contribution in [3.05, 3.63) is 41.6 Å². The van der Waals surface area contributed by atoms with Crippen LogP contribution in [0.5, 0.6) is 0 Å². The Morgan fingerprint density at radius 1 is 1.35 bits per heavy atom. The third-order valence-electron chi connectivity index (χ3n) is 3.65. The molecule has 2 aromatic rings. The number of fused-ring (bicyclic) bond motifs is 3. The number of para-hydroxylation sites is 1. The highest BCUT2D eigenvalue weighted by molar-refractivity contribution is 5.92. The molecule has 2 heteroatoms. The van der Waals surface area contributed by atoms with Crippen LogP contribution in [-0.2, 0) is 6.54 Å². The molecule has 0 radical (unpaired) electrons. The number of nitrogens with two attached hydrogens (primary N) is 1. The lowest BCUT2D eigenvalue weighted by atomic mass is 9.93. The molecule has 0 bridgehead atoms. The third kappa shape index (κ3) is 1.52. The molecule has 0 fully saturated rings. The maximum atomic E-state index is 5.75. The van der Waals surface area contributed by atoms with Gasteiger partial charge in [-0.2, -0.15) is 0 Å². The van der Waals surface area contributed by atoms with E-state index < -0.39 is 0 Å². The fraction of sp³-hybridized carbons (Fsp3) is 0.333. The van der Waals surface area contributed by atoms with Gasteiger partial charge < -0.3 is 10.3 Å². The lowest BCUT2D eigenvalue weighted by molar-refractivity contribution is 0.634. The number of hydrogen-bond acceptors (Lipinski definition) is 1. The van der Waals surface area contributed by atoms with Crippen molar-refractivity contribution in [2.75, 3.05) is 6.54 Å². The van der Waals surface area contributed by atoms with Crippen molar-refractivity contribution in [1.29, 1.82) is 0 Å². The van der Waals surface area contributed by atoms with E-state index in [9.17, 15) is 0 Å². The van der Waals surface area contributed by atoms with Gasteiger partial charge in [0.05, 0.1) is 0 Å². The second-order valence-electron chi connectivity index (χ2n) is 4.80. The number of hydrogen-bond donors (Lipinski definition) is 1. The SMILES string of the molecule is C[C@@H]1CC=Cc2c1n(CCN)c1ccccc21. The summed E-state index contributed by atoms with van der Waals surface area (Å²) in [5.41, 5.74) is 9.92. The molecule has 1 aliphatic carbocycles. The van der Waals surface area contributed by atoms with Gasteiger partial charge in [-0.1, -0.05) is 37.3 Å². The molecule has 1 atom stereocenters. The van der Waals surface area contributed by atoms with Crippen molar-refractivity contribution in [1.82, 2.24) is 4.57 Å². The third-order valence-corrected chi connectivity index (χ3v) is 3.65. The molecule has 0 amide bonds. The highest BCUT2D eigenvalue weighted by atomic mass is 15.0. The van der Waals surface area contributed by atoms with Gasteiger partial charge in [-0.25, -0.2) is 0 Å². The fourth-order valence-corrected chi connectivity index (χ4v) is 2.93. The van der Waals surface area contributed by atoms with E-state index in [0.717, 1.165) is 13.0 Å². The number of rotatable bonds is 2. The molecular formula is C15H18N2. The largest absolute Gasteiger partial charge is 0.342 e. The summed E-state index contributed by atoms with van der Waals surface area (Å²) in [6.45, 7) is 3.91. The minimum atomic E-state index is 0.592. The minimum Gasteiger partial charge on any atom is -0.342 e. The van der Waals surface area contributed by atoms with Crippen molar-refractivity contribution < 1.29 is 0 Å². The molecule has 1 aliphatic rings. The Morgan fingerprint density at radius 2 is 2.18 bits per heavy atom. The molecule has 0 spiro atoms. The first-order chi connectivity index (χ1) is 8.33. The standard InChI is InChI=1S/C15H18N2/c1-11-5-4-7-13-12-6-2-3-8-14(12)17(10-9-16)15(11)13/h2-4,6-8,11H,5,9-10,16H2,1H3/t11-/m1/s1. The molecule has 3 rings (SSSR count). The van der Waals surface area contributed by atoms with Gasteiger partial charge >= 0.3 is 0 Å². The topological polar surface area (TPSA) is 30.9 Å². The predicted molar refractivity (Wildman–Crippen MR) is 73.1 cm³/mol. The second-order valence-corrected chi connectivity index (χ2v) is 4.80. The van der Waals surface area contributed by atoms with Crippen LogP contribution in [-0.4, -0.2) is 11.1 Å². The van der Waals surface area contributed by atoms with E-state index in [1.807, 2.05) is 0 Å². The van der Waals surface area contributed by atoms with Crippen LogP contribution in [0.15, 0.2) is 30.3 Å². The Labute approximate surface area is 102 Å². The van der Waals surface area contributed by atoms with E-state index in [4.69, 9.17) is 5.73 Å². The first-order valence-electron chi connectivity index (χ1n) is 6.30. The van der Waals surface area contributed by atoms with Crippen LogP contribution in [0.25, 0.3) is 17.0 Å². The molecular weight excluding hydrogens is 208 g/mol. The maximum Gasteiger partial charge on any atom is 0.0489 e. The maximum absolute atomic E-state index is 5.75. The number of nitrogens with zero attached hydrogens (tertiary/aromatic N) is 1. The van der Waals surface area contributed by atoms with Gasteiger partial charge in [-0.05, 0) is 12.5 Å². The van der Waals surface area contributed by atoms with Gasteiger partial charge in [0.2, 0.25) is 0 Å². The van der Waals surface area contributed by atoms with Crippen LogP contribution in [0.3, 0.4) is 0 Å². The lowest BCUT2D eigenvalue weighted by Crippen LogP contribution is -2.14. The Hall–Kier alpha value is -1.54. The predicted octanol–water partition coefficient (Wildman–Crippen LogP) is 3.12. The van der Waals surface area contributed by atoms with Crippen molar-refractivity contribution >= 4 is 17.0 Å². The quantitative estimate of drug-likeness (QED) is 0.838. The van der Waals surface area contributed by atoms with Crippen LogP contribution in [0.2, 0.25) is 0 Å². The number of benzene rings is 1. The molecule has 0 saturated carbocycles. The van der Waals surface area contributed by atoms with E-state index in [-0.39, 0.29) is 0 Å². The molecule has 2 nitrogen and oxygen atoms in total. The monoisotopic (exact) mass is 226 g/mol. The molecule has 1 aromatic carbocycles. The summed E-state index contributed by atoms with van der Waals surface area (Å²) >= 11 is 0. The summed E-state index contributed by atoms with van der Waals surface area (Å²) in [6.07, 6.45) is 5.69. The zero-order valence-electron chi connectivity index (χ0n) is 10.2. The Balaban J connectivity index is 2.36. The summed E-state index contributed by atoms with van der Waals surface area (Å²) in [4.78, 5) is 0. The molecule has 1 heterocycles. The summed E-state index contributed by atoms with van der Waals surface area (Å²) in [5, 5.41) is 1.36. The van der Waals surface area contributed by atoms with Gasteiger partial charge in [0.15, 0.2) is 0 Å². The van der Waals surface area contributed by atoms with Gasteiger partial charge in [0, 0.05) is 41.2 Å². The van der Waals surface area contributed by atoms with E-state index in [1.54, 1.807) is 0 Å². The van der Waals surface area contributed by atoms with E-state index >= 15 is 0 Å². The molecule has 17 heavy (non-hydrogen) atoms. The van der Waals surface area contributed by atoms with Crippen molar-refractivity contribution in [2.45, 2.75) is 25.8 Å². The summed E-state index contributed by atoms with van der Waals surface area (Å²) in [6, 6.07) is 8.63. The zero-order chi connectivity index (χ0) is 11.8. The Bertz CT molecular complexity index is 578. The number of aromatic nitrogens is 1. The van der Waals surface area contributed by atoms with Crippen molar-refractivity contribution in [3.63, 3.8) is 0 Å². The van der Waals surface area contributed by atoms with Crippen LogP contribution in [0.4, 0.5) is 0 Å². The Kier molecular flexibility index (Phi) is 2.52. The molecule has 2 N–H and O–H groups in total. The highest BCUT2D eigenvalue weighted by Gasteiger charge is 2.21. The van der Waals surface area contributed by atoms with Crippen LogP contribution in [0, 0.1) is 0 Å². The lowest BCUT2D eigenvalue weighted by Gasteiger charge is -2.18. The average Bonchev–Trinajstić information content (AvgIpc) is 2.67. The summed E-state index contributed by atoms with van der Waals surface area (Å²) in [5.74, 6) is 0.592. The molecule has 88 valence electrons. The van der Waals surface area contributed by atoms with E-state index in [0.29, 0.717) is 12.5 Å². The zero-order valence-corrected chi connectivity index (χ0v) is 10.2. The van der Waals surface area contributed by atoms with Gasteiger partial charge in [-0.3, -0.25) is 0 Å². The first kappa shape index (κ1) is 10.6. The smallest absolute Gasteiger partial charge is 0.0489 e. The fourth-order valence-electron chi connectivity index (χ4n) is 2.93. The van der Waals surface area contributed by atoms with Crippen molar-refractivity contribution in [3.8, 4) is 0 Å². The molecule has 0 saturated heterocycles. The molecule has 0 unspecified atom stereocenters. The Morgan fingerprint density at radius 3 is 3.00 bits per heavy atom. The molecule has 0 aliphatic heterocycles. The summed E-state index contributed by atoms with van der Waals surface area (Å²) in [7, 11) is 0. The summed E-state index contributed by atoms with van der Waals surface area (Å²) < 4.78 is 2.40. The van der Waals surface area contributed by atoms with Crippen molar-refractivity contribution in [2.24, 2.45) is 5.73 Å². The van der Waals surface area contributed by atoms with Crippen LogP contribution in [0.1, 0.15) is 30.5 Å². The minimum absolute atomic E-state index is 0.592. The highest BCUT2D eigenvalue weighted by Crippen LogP contribution is 2.36. The van der Waals surface area contributed by atoms with Crippen LogP contribution < -0.4 is 5.73 Å². The van der Waals surface area contributed by atoms with E-state index in [1.165, 1.54) is 22.2 Å². The first-order valence-corrected chi connectivity index (χ1v) is 6.30. The average molecular weight is 226 g/mol. The number of allylic oxidation sites excluding steroid dienone is 1.